The zero-order valence-electron chi connectivity index (χ0n) is 13.1. The van der Waals surface area contributed by atoms with Gasteiger partial charge >= 0.3 is 0 Å². The van der Waals surface area contributed by atoms with Gasteiger partial charge in [0.1, 0.15) is 11.9 Å². The number of benzene rings is 1. The van der Waals surface area contributed by atoms with E-state index in [1.165, 1.54) is 29.4 Å². The van der Waals surface area contributed by atoms with Crippen molar-refractivity contribution < 1.29 is 9.18 Å². The Morgan fingerprint density at radius 3 is 2.83 bits per heavy atom. The van der Waals surface area contributed by atoms with Crippen molar-refractivity contribution in [3.05, 3.63) is 59.2 Å². The van der Waals surface area contributed by atoms with Crippen molar-refractivity contribution in [2.24, 2.45) is 0 Å². The van der Waals surface area contributed by atoms with E-state index < -0.39 is 0 Å². The van der Waals surface area contributed by atoms with E-state index in [0.717, 1.165) is 31.2 Å². The first-order chi connectivity index (χ1) is 11.7. The van der Waals surface area contributed by atoms with Crippen LogP contribution in [-0.2, 0) is 5.41 Å². The molecule has 1 fully saturated rings. The van der Waals surface area contributed by atoms with Gasteiger partial charge < -0.3 is 4.90 Å². The number of anilines is 1. The van der Waals surface area contributed by atoms with Gasteiger partial charge in [0.2, 0.25) is 0 Å². The molecule has 24 heavy (non-hydrogen) atoms. The van der Waals surface area contributed by atoms with Gasteiger partial charge in [0.05, 0.1) is 16.8 Å². The smallest absolute Gasteiger partial charge is 0.261 e. The topological polar surface area (TPSA) is 57.0 Å². The summed E-state index contributed by atoms with van der Waals surface area (Å²) in [5, 5.41) is 9.24. The number of rotatable bonds is 1. The second-order valence-corrected chi connectivity index (χ2v) is 6.55. The lowest BCUT2D eigenvalue weighted by atomic mass is 9.81. The molecule has 0 atom stereocenters. The largest absolute Gasteiger partial charge is 0.304 e. The number of carbonyl (C=O) groups is 1. The number of fused-ring (bicyclic) bond motifs is 2. The number of nitriles is 1. The molecule has 5 heteroatoms. The van der Waals surface area contributed by atoms with Gasteiger partial charge in [-0.15, -0.1) is 0 Å². The number of carbonyl (C=O) groups excluding carboxylic acids is 1. The van der Waals surface area contributed by atoms with Gasteiger partial charge in [0.25, 0.3) is 5.91 Å². The molecule has 0 bridgehead atoms. The van der Waals surface area contributed by atoms with Crippen LogP contribution in [0.4, 0.5) is 10.1 Å². The highest BCUT2D eigenvalue weighted by Crippen LogP contribution is 2.51. The minimum atomic E-state index is -0.382. The van der Waals surface area contributed by atoms with Crippen molar-refractivity contribution in [1.29, 1.82) is 5.26 Å². The Labute approximate surface area is 139 Å². The van der Waals surface area contributed by atoms with E-state index in [9.17, 15) is 14.4 Å². The second-order valence-electron chi connectivity index (χ2n) is 6.55. The first kappa shape index (κ1) is 14.8. The zero-order chi connectivity index (χ0) is 16.7. The molecule has 1 spiro atoms. The first-order valence-electron chi connectivity index (χ1n) is 8.11. The Kier molecular flexibility index (Phi) is 3.34. The highest BCUT2D eigenvalue weighted by molar-refractivity contribution is 6.09. The number of hydrogen-bond donors (Lipinski definition) is 0. The van der Waals surface area contributed by atoms with Gasteiger partial charge in [-0.3, -0.25) is 9.78 Å². The lowest BCUT2D eigenvalue weighted by molar-refractivity contribution is 0.0983. The zero-order valence-corrected chi connectivity index (χ0v) is 13.1. The van der Waals surface area contributed by atoms with E-state index in [2.05, 4.69) is 4.98 Å². The third kappa shape index (κ3) is 2.03. The Morgan fingerprint density at radius 2 is 2.08 bits per heavy atom. The highest BCUT2D eigenvalue weighted by atomic mass is 19.1. The van der Waals surface area contributed by atoms with Crippen LogP contribution in [0.1, 0.15) is 47.2 Å². The maximum Gasteiger partial charge on any atom is 0.261 e. The second kappa shape index (κ2) is 5.41. The predicted molar refractivity (Wildman–Crippen MR) is 87.2 cm³/mol. The summed E-state index contributed by atoms with van der Waals surface area (Å²) in [4.78, 5) is 18.5. The van der Waals surface area contributed by atoms with E-state index in [1.807, 2.05) is 12.1 Å². The van der Waals surface area contributed by atoms with Crippen molar-refractivity contribution in [1.82, 2.24) is 4.98 Å². The summed E-state index contributed by atoms with van der Waals surface area (Å²) in [6.45, 7) is 0.474. The quantitative estimate of drug-likeness (QED) is 0.807. The average molecular weight is 321 g/mol. The molecule has 0 saturated heterocycles. The molecular formula is C19H16FN3O. The predicted octanol–water partition coefficient (Wildman–Crippen LogP) is 3.56. The highest BCUT2D eigenvalue weighted by Gasteiger charge is 2.47. The maximum atomic E-state index is 14.6. The van der Waals surface area contributed by atoms with Crippen LogP contribution in [0, 0.1) is 17.1 Å². The van der Waals surface area contributed by atoms with Crippen LogP contribution in [0.2, 0.25) is 0 Å². The third-order valence-corrected chi connectivity index (χ3v) is 5.27. The molecule has 0 unspecified atom stereocenters. The van der Waals surface area contributed by atoms with Crippen molar-refractivity contribution in [3.63, 3.8) is 0 Å². The van der Waals surface area contributed by atoms with Gasteiger partial charge in [-0.2, -0.15) is 5.26 Å². The van der Waals surface area contributed by atoms with Gasteiger partial charge in [-0.05, 0) is 30.5 Å². The monoisotopic (exact) mass is 321 g/mol. The number of pyridine rings is 1. The van der Waals surface area contributed by atoms with Gasteiger partial charge in [-0.1, -0.05) is 25.0 Å². The van der Waals surface area contributed by atoms with Crippen LogP contribution in [0.5, 0.6) is 0 Å². The summed E-state index contributed by atoms with van der Waals surface area (Å²) >= 11 is 0. The Balaban J connectivity index is 1.83. The molecule has 4 nitrogen and oxygen atoms in total. The fourth-order valence-electron chi connectivity index (χ4n) is 4.14. The van der Waals surface area contributed by atoms with Gasteiger partial charge in [0, 0.05) is 24.4 Å². The van der Waals surface area contributed by atoms with Crippen molar-refractivity contribution in [3.8, 4) is 6.07 Å². The minimum absolute atomic E-state index is 0.151. The Bertz CT molecular complexity index is 865. The summed E-state index contributed by atoms with van der Waals surface area (Å²) in [5.74, 6) is -0.734. The lowest BCUT2D eigenvalue weighted by Crippen LogP contribution is -2.36. The molecular weight excluding hydrogens is 305 g/mol. The Morgan fingerprint density at radius 1 is 1.29 bits per heavy atom. The number of amides is 1. The minimum Gasteiger partial charge on any atom is -0.304 e. The summed E-state index contributed by atoms with van der Waals surface area (Å²) in [6, 6.07) is 8.57. The van der Waals surface area contributed by atoms with Crippen LogP contribution >= 0.6 is 0 Å². The fraction of sp³-hybridized carbons (Fsp3) is 0.316. The molecule has 1 amide bonds. The van der Waals surface area contributed by atoms with Gasteiger partial charge in [0.15, 0.2) is 0 Å². The van der Waals surface area contributed by atoms with Crippen LogP contribution in [-0.4, -0.2) is 17.4 Å². The number of halogens is 1. The summed E-state index contributed by atoms with van der Waals surface area (Å²) < 4.78 is 14.6. The molecule has 1 saturated carbocycles. The van der Waals surface area contributed by atoms with Crippen LogP contribution in [0.3, 0.4) is 0 Å². The molecule has 1 aromatic heterocycles. The summed E-state index contributed by atoms with van der Waals surface area (Å²) in [7, 11) is 0. The molecule has 4 rings (SSSR count). The van der Waals surface area contributed by atoms with E-state index in [4.69, 9.17) is 0 Å². The van der Waals surface area contributed by atoms with E-state index in [-0.39, 0.29) is 28.3 Å². The standard InChI is InChI=1S/C19H16FN3O/c20-16-5-3-4-15-17(16)23(12-19(15)7-1-2-8-19)18(24)14-11-22-9-6-13(14)10-21/h3-6,9,11H,1-2,7-8,12H2. The van der Waals surface area contributed by atoms with Crippen LogP contribution < -0.4 is 4.90 Å². The third-order valence-electron chi connectivity index (χ3n) is 5.27. The molecule has 1 aliphatic heterocycles. The average Bonchev–Trinajstić information content (AvgIpc) is 3.21. The van der Waals surface area contributed by atoms with E-state index in [1.54, 1.807) is 6.07 Å². The van der Waals surface area contributed by atoms with Crippen molar-refractivity contribution >= 4 is 11.6 Å². The molecule has 0 N–H and O–H groups in total. The van der Waals surface area contributed by atoms with Crippen LogP contribution in [0.25, 0.3) is 0 Å². The first-order valence-corrected chi connectivity index (χ1v) is 8.11. The molecule has 120 valence electrons. The SMILES string of the molecule is N#Cc1ccncc1C(=O)N1CC2(CCCC2)c2cccc(F)c21. The number of para-hydroxylation sites is 1. The molecule has 1 aliphatic carbocycles. The van der Waals surface area contributed by atoms with E-state index in [0.29, 0.717) is 12.2 Å². The maximum absolute atomic E-state index is 14.6. The van der Waals surface area contributed by atoms with Crippen molar-refractivity contribution in [2.45, 2.75) is 31.1 Å². The molecule has 0 radical (unpaired) electrons. The molecule has 2 heterocycles. The number of hydrogen-bond acceptors (Lipinski definition) is 3. The molecule has 1 aromatic carbocycles. The normalized spacial score (nSPS) is 17.8. The molecule has 2 aliphatic rings. The summed E-state index contributed by atoms with van der Waals surface area (Å²) in [5.41, 5.74) is 1.64. The van der Waals surface area contributed by atoms with Gasteiger partial charge in [-0.25, -0.2) is 4.39 Å². The number of nitrogens with zero attached hydrogens (tertiary/aromatic N) is 3. The Hall–Kier alpha value is -2.74. The van der Waals surface area contributed by atoms with Crippen molar-refractivity contribution in [2.75, 3.05) is 11.4 Å². The molecule has 2 aromatic rings. The fourth-order valence-corrected chi connectivity index (χ4v) is 4.14. The van der Waals surface area contributed by atoms with Crippen LogP contribution in [0.15, 0.2) is 36.7 Å². The lowest BCUT2D eigenvalue weighted by Gasteiger charge is -2.24. The van der Waals surface area contributed by atoms with E-state index >= 15 is 0 Å². The number of aromatic nitrogens is 1. The summed E-state index contributed by atoms with van der Waals surface area (Å²) in [6.07, 6.45) is 6.98.